The third-order valence-electron chi connectivity index (χ3n) is 3.77. The quantitative estimate of drug-likeness (QED) is 0.634. The van der Waals surface area contributed by atoms with Gasteiger partial charge in [-0.3, -0.25) is 9.79 Å². The van der Waals surface area contributed by atoms with Gasteiger partial charge in [-0.1, -0.05) is 17.7 Å². The zero-order chi connectivity index (χ0) is 19.1. The van der Waals surface area contributed by atoms with Gasteiger partial charge in [-0.2, -0.15) is 0 Å². The van der Waals surface area contributed by atoms with Gasteiger partial charge in [0.1, 0.15) is 11.6 Å². The number of amides is 1. The molecule has 5 heteroatoms. The minimum atomic E-state index is -0.352. The maximum Gasteiger partial charge on any atom is 0.262 e. The Morgan fingerprint density at radius 1 is 1.00 bits per heavy atom. The van der Waals surface area contributed by atoms with Gasteiger partial charge in [0.05, 0.1) is 5.69 Å². The van der Waals surface area contributed by atoms with Crippen molar-refractivity contribution >= 4 is 23.5 Å². The van der Waals surface area contributed by atoms with Gasteiger partial charge < -0.3 is 10.1 Å². The Bertz CT molecular complexity index is 918. The first-order valence-corrected chi connectivity index (χ1v) is 8.47. The van der Waals surface area contributed by atoms with Crippen LogP contribution in [0.1, 0.15) is 11.1 Å². The predicted molar refractivity (Wildman–Crippen MR) is 105 cm³/mol. The van der Waals surface area contributed by atoms with Crippen molar-refractivity contribution in [3.8, 4) is 5.75 Å². The molecule has 3 aromatic rings. The topological polar surface area (TPSA) is 50.7 Å². The minimum absolute atomic E-state index is 0.131. The smallest absolute Gasteiger partial charge is 0.262 e. The molecule has 0 aromatic heterocycles. The van der Waals surface area contributed by atoms with Gasteiger partial charge in [0, 0.05) is 11.9 Å². The van der Waals surface area contributed by atoms with Crippen molar-refractivity contribution in [2.24, 2.45) is 4.99 Å². The Morgan fingerprint density at radius 3 is 2.33 bits per heavy atom. The molecule has 0 atom stereocenters. The highest BCUT2D eigenvalue weighted by Crippen LogP contribution is 2.15. The Morgan fingerprint density at radius 2 is 1.67 bits per heavy atom. The number of ether oxygens (including phenoxy) is 1. The lowest BCUT2D eigenvalue weighted by atomic mass is 10.2. The van der Waals surface area contributed by atoms with E-state index in [9.17, 15) is 9.18 Å². The van der Waals surface area contributed by atoms with Crippen LogP contribution in [0, 0.1) is 12.7 Å². The highest BCUT2D eigenvalue weighted by molar-refractivity contribution is 5.91. The van der Waals surface area contributed by atoms with Crippen LogP contribution in [0.5, 0.6) is 5.75 Å². The van der Waals surface area contributed by atoms with Crippen LogP contribution in [-0.4, -0.2) is 18.7 Å². The number of aryl methyl sites for hydroxylation is 1. The van der Waals surface area contributed by atoms with Crippen molar-refractivity contribution in [2.75, 3.05) is 11.9 Å². The molecule has 1 amide bonds. The fourth-order valence-electron chi connectivity index (χ4n) is 2.31. The zero-order valence-electron chi connectivity index (χ0n) is 14.9. The highest BCUT2D eigenvalue weighted by atomic mass is 19.1. The van der Waals surface area contributed by atoms with Gasteiger partial charge in [0.2, 0.25) is 0 Å². The molecular weight excluding hydrogens is 343 g/mol. The molecule has 0 radical (unpaired) electrons. The number of benzene rings is 3. The third kappa shape index (κ3) is 5.78. The maximum atomic E-state index is 12.8. The van der Waals surface area contributed by atoms with Crippen LogP contribution in [0.4, 0.5) is 15.8 Å². The van der Waals surface area contributed by atoms with E-state index in [0.717, 1.165) is 11.3 Å². The Labute approximate surface area is 157 Å². The molecule has 4 nitrogen and oxygen atoms in total. The molecule has 136 valence electrons. The summed E-state index contributed by atoms with van der Waals surface area (Å²) in [6.45, 7) is 1.90. The molecule has 0 aliphatic heterocycles. The number of nitrogens with zero attached hydrogens (tertiary/aromatic N) is 1. The number of aliphatic imine (C=N–C) groups is 1. The van der Waals surface area contributed by atoms with Gasteiger partial charge in [-0.05, 0) is 73.2 Å². The van der Waals surface area contributed by atoms with Gasteiger partial charge in [0.25, 0.3) is 5.91 Å². The van der Waals surface area contributed by atoms with Gasteiger partial charge in [-0.15, -0.1) is 0 Å². The molecule has 0 saturated heterocycles. The van der Waals surface area contributed by atoms with Crippen molar-refractivity contribution in [1.82, 2.24) is 0 Å². The summed E-state index contributed by atoms with van der Waals surface area (Å²) in [5, 5.41) is 2.64. The van der Waals surface area contributed by atoms with E-state index in [4.69, 9.17) is 4.74 Å². The van der Waals surface area contributed by atoms with Crippen LogP contribution in [0.15, 0.2) is 77.8 Å². The van der Waals surface area contributed by atoms with Crippen molar-refractivity contribution in [3.63, 3.8) is 0 Å². The van der Waals surface area contributed by atoms with Gasteiger partial charge in [0.15, 0.2) is 6.61 Å². The van der Waals surface area contributed by atoms with Crippen LogP contribution in [0.25, 0.3) is 0 Å². The lowest BCUT2D eigenvalue weighted by Gasteiger charge is -2.07. The molecule has 0 aliphatic rings. The molecule has 0 unspecified atom stereocenters. The second kappa shape index (κ2) is 8.76. The lowest BCUT2D eigenvalue weighted by molar-refractivity contribution is -0.118. The molecule has 3 rings (SSSR count). The largest absolute Gasteiger partial charge is 0.484 e. The maximum absolute atomic E-state index is 12.8. The van der Waals surface area contributed by atoms with Crippen molar-refractivity contribution in [3.05, 3.63) is 89.7 Å². The molecule has 27 heavy (non-hydrogen) atoms. The standard InChI is InChI=1S/C22H19FN2O2/c1-16-2-8-19(9-3-16)24-14-17-4-12-21(13-5-17)27-15-22(26)25-20-10-6-18(23)7-11-20/h2-14H,15H2,1H3,(H,25,26). The van der Waals surface area contributed by atoms with E-state index < -0.39 is 0 Å². The number of nitrogens with one attached hydrogen (secondary N) is 1. The number of carbonyl (C=O) groups excluding carboxylic acids is 1. The first-order chi connectivity index (χ1) is 13.1. The number of anilines is 1. The fraction of sp³-hybridized carbons (Fsp3) is 0.0909. The summed E-state index contributed by atoms with van der Waals surface area (Å²) in [5.41, 5.74) is 3.53. The summed E-state index contributed by atoms with van der Waals surface area (Å²) in [6, 6.07) is 20.8. The Hall–Kier alpha value is -3.47. The van der Waals surface area contributed by atoms with Crippen LogP contribution >= 0.6 is 0 Å². The van der Waals surface area contributed by atoms with E-state index in [2.05, 4.69) is 10.3 Å². The van der Waals surface area contributed by atoms with Crippen LogP contribution in [0.2, 0.25) is 0 Å². The van der Waals surface area contributed by atoms with Gasteiger partial charge in [-0.25, -0.2) is 4.39 Å². The molecule has 0 bridgehead atoms. The average molecular weight is 362 g/mol. The van der Waals surface area contributed by atoms with E-state index in [-0.39, 0.29) is 18.3 Å². The van der Waals surface area contributed by atoms with E-state index >= 15 is 0 Å². The number of hydrogen-bond donors (Lipinski definition) is 1. The molecule has 0 saturated carbocycles. The predicted octanol–water partition coefficient (Wildman–Crippen LogP) is 4.90. The van der Waals surface area contributed by atoms with E-state index in [1.54, 1.807) is 18.3 Å². The van der Waals surface area contributed by atoms with Gasteiger partial charge >= 0.3 is 0 Å². The first-order valence-electron chi connectivity index (χ1n) is 8.47. The minimum Gasteiger partial charge on any atom is -0.484 e. The summed E-state index contributed by atoms with van der Waals surface area (Å²) in [4.78, 5) is 16.3. The average Bonchev–Trinajstić information content (AvgIpc) is 2.68. The van der Waals surface area contributed by atoms with Crippen LogP contribution < -0.4 is 10.1 Å². The van der Waals surface area contributed by atoms with E-state index in [0.29, 0.717) is 11.4 Å². The molecular formula is C22H19FN2O2. The second-order valence-corrected chi connectivity index (χ2v) is 6.01. The summed E-state index contributed by atoms with van der Waals surface area (Å²) in [6.07, 6.45) is 1.77. The number of carbonyl (C=O) groups is 1. The Kier molecular flexibility index (Phi) is 5.94. The van der Waals surface area contributed by atoms with Crippen molar-refractivity contribution in [1.29, 1.82) is 0 Å². The number of rotatable bonds is 6. The van der Waals surface area contributed by atoms with Crippen molar-refractivity contribution < 1.29 is 13.9 Å². The Balaban J connectivity index is 1.50. The monoisotopic (exact) mass is 362 g/mol. The summed E-state index contributed by atoms with van der Waals surface area (Å²) in [5.74, 6) is -0.0846. The molecule has 3 aromatic carbocycles. The first kappa shape index (κ1) is 18.3. The fourth-order valence-corrected chi connectivity index (χ4v) is 2.31. The molecule has 0 spiro atoms. The molecule has 0 heterocycles. The normalized spacial score (nSPS) is 10.7. The zero-order valence-corrected chi connectivity index (χ0v) is 14.9. The second-order valence-electron chi connectivity index (χ2n) is 6.01. The van der Waals surface area contributed by atoms with Crippen molar-refractivity contribution in [2.45, 2.75) is 6.92 Å². The third-order valence-corrected chi connectivity index (χ3v) is 3.77. The summed E-state index contributed by atoms with van der Waals surface area (Å²) in [7, 11) is 0. The molecule has 0 aliphatic carbocycles. The highest BCUT2D eigenvalue weighted by Gasteiger charge is 2.04. The summed E-state index contributed by atoms with van der Waals surface area (Å²) >= 11 is 0. The SMILES string of the molecule is Cc1ccc(N=Cc2ccc(OCC(=O)Nc3ccc(F)cc3)cc2)cc1. The number of halogens is 1. The van der Waals surface area contributed by atoms with E-state index in [1.165, 1.54) is 29.8 Å². The van der Waals surface area contributed by atoms with Crippen LogP contribution in [0.3, 0.4) is 0 Å². The van der Waals surface area contributed by atoms with Crippen LogP contribution in [-0.2, 0) is 4.79 Å². The summed E-state index contributed by atoms with van der Waals surface area (Å²) < 4.78 is 18.3. The van der Waals surface area contributed by atoms with E-state index in [1.807, 2.05) is 43.3 Å². The lowest BCUT2D eigenvalue weighted by Crippen LogP contribution is -2.20. The molecule has 1 N–H and O–H groups in total. The number of hydrogen-bond acceptors (Lipinski definition) is 3. The molecule has 0 fully saturated rings.